The zero-order valence-corrected chi connectivity index (χ0v) is 26.6. The fourth-order valence-corrected chi connectivity index (χ4v) is 6.93. The number of nitrogens with zero attached hydrogens (tertiary/aromatic N) is 2. The number of methoxy groups -OCH3 is 1. The maximum Gasteiger partial charge on any atom is 0.264 e. The van der Waals surface area contributed by atoms with Crippen LogP contribution >= 0.6 is 0 Å². The van der Waals surface area contributed by atoms with Gasteiger partial charge in [0.25, 0.3) is 10.0 Å². The molecule has 3 aromatic rings. The Labute approximate surface area is 256 Å². The van der Waals surface area contributed by atoms with Crippen molar-refractivity contribution in [1.29, 1.82) is 0 Å². The van der Waals surface area contributed by atoms with Crippen LogP contribution in [0.4, 0.5) is 5.69 Å². The van der Waals surface area contributed by atoms with Crippen molar-refractivity contribution < 1.29 is 22.7 Å². The zero-order chi connectivity index (χ0) is 31.1. The van der Waals surface area contributed by atoms with Crippen LogP contribution in [-0.2, 0) is 26.2 Å². The van der Waals surface area contributed by atoms with Crippen LogP contribution in [0.15, 0.2) is 71.6 Å². The van der Waals surface area contributed by atoms with E-state index in [-0.39, 0.29) is 23.4 Å². The molecule has 1 saturated carbocycles. The molecule has 0 aliphatic heterocycles. The molecule has 0 radical (unpaired) electrons. The van der Waals surface area contributed by atoms with Gasteiger partial charge in [0.1, 0.15) is 18.3 Å². The number of rotatable bonds is 11. The van der Waals surface area contributed by atoms with E-state index in [0.29, 0.717) is 11.4 Å². The van der Waals surface area contributed by atoms with Gasteiger partial charge < -0.3 is 15.0 Å². The van der Waals surface area contributed by atoms with E-state index in [0.717, 1.165) is 54.4 Å². The Hall–Kier alpha value is -3.85. The predicted molar refractivity (Wildman–Crippen MR) is 170 cm³/mol. The van der Waals surface area contributed by atoms with Crippen LogP contribution in [0.25, 0.3) is 0 Å². The molecule has 1 aliphatic carbocycles. The number of anilines is 1. The van der Waals surface area contributed by atoms with Crippen LogP contribution in [0.3, 0.4) is 0 Å². The molecule has 0 heterocycles. The molecule has 1 N–H and O–H groups in total. The lowest BCUT2D eigenvalue weighted by atomic mass is 9.95. The molecule has 9 heteroatoms. The van der Waals surface area contributed by atoms with Gasteiger partial charge in [-0.1, -0.05) is 61.2 Å². The van der Waals surface area contributed by atoms with Crippen LogP contribution in [-0.4, -0.2) is 50.9 Å². The third kappa shape index (κ3) is 7.96. The largest absolute Gasteiger partial charge is 0.497 e. The van der Waals surface area contributed by atoms with Gasteiger partial charge in [0.2, 0.25) is 11.8 Å². The second-order valence-electron chi connectivity index (χ2n) is 11.5. The minimum absolute atomic E-state index is 0.0748. The number of carbonyl (C=O) groups is 2. The van der Waals surface area contributed by atoms with Gasteiger partial charge in [-0.15, -0.1) is 0 Å². The van der Waals surface area contributed by atoms with Gasteiger partial charge >= 0.3 is 0 Å². The van der Waals surface area contributed by atoms with Gasteiger partial charge in [0.05, 0.1) is 17.7 Å². The fraction of sp³-hybridized carbons (Fsp3) is 0.412. The first-order valence-corrected chi connectivity index (χ1v) is 16.3. The van der Waals surface area contributed by atoms with E-state index in [4.69, 9.17) is 4.74 Å². The second kappa shape index (κ2) is 14.1. The highest BCUT2D eigenvalue weighted by Gasteiger charge is 2.34. The van der Waals surface area contributed by atoms with Crippen molar-refractivity contribution in [2.75, 3.05) is 18.0 Å². The van der Waals surface area contributed by atoms with Crippen LogP contribution in [0.2, 0.25) is 0 Å². The molecule has 1 fully saturated rings. The maximum absolute atomic E-state index is 14.3. The molecule has 1 atom stereocenters. The number of aryl methyl sites for hydroxylation is 3. The first-order valence-electron chi connectivity index (χ1n) is 14.9. The number of amides is 2. The van der Waals surface area contributed by atoms with E-state index < -0.39 is 28.5 Å². The second-order valence-corrected chi connectivity index (χ2v) is 13.4. The van der Waals surface area contributed by atoms with E-state index >= 15 is 0 Å². The SMILES string of the molecule is COc1cccc(CN(C(=O)CN(c2cc(C)ccc2C)S(=O)(=O)c2ccc(C)cc2)[C@H](C)C(=O)NC2CCCCC2)c1. The van der Waals surface area contributed by atoms with Crippen molar-refractivity contribution in [2.45, 2.75) is 83.3 Å². The molecule has 0 saturated heterocycles. The van der Waals surface area contributed by atoms with Gasteiger partial charge in [-0.05, 0) is 87.6 Å². The number of hydrogen-bond donors (Lipinski definition) is 1. The number of sulfonamides is 1. The molecule has 2 amide bonds. The van der Waals surface area contributed by atoms with Crippen molar-refractivity contribution in [1.82, 2.24) is 10.2 Å². The summed E-state index contributed by atoms with van der Waals surface area (Å²) < 4.78 is 34.8. The van der Waals surface area contributed by atoms with Crippen molar-refractivity contribution in [2.24, 2.45) is 0 Å². The summed E-state index contributed by atoms with van der Waals surface area (Å²) in [7, 11) is -2.56. The third-order valence-electron chi connectivity index (χ3n) is 8.13. The van der Waals surface area contributed by atoms with E-state index in [1.54, 1.807) is 44.4 Å². The lowest BCUT2D eigenvalue weighted by Crippen LogP contribution is -2.53. The number of ether oxygens (including phenoxy) is 1. The Morgan fingerprint density at radius 2 is 1.60 bits per heavy atom. The summed E-state index contributed by atoms with van der Waals surface area (Å²) >= 11 is 0. The Kier molecular flexibility index (Phi) is 10.5. The number of hydrogen-bond acceptors (Lipinski definition) is 5. The Morgan fingerprint density at radius 3 is 2.28 bits per heavy atom. The maximum atomic E-state index is 14.3. The Balaban J connectivity index is 1.71. The van der Waals surface area contributed by atoms with Crippen molar-refractivity contribution >= 4 is 27.5 Å². The molecule has 3 aromatic carbocycles. The molecule has 4 rings (SSSR count). The van der Waals surface area contributed by atoms with Crippen molar-refractivity contribution in [3.63, 3.8) is 0 Å². The summed E-state index contributed by atoms with van der Waals surface area (Å²) in [6.07, 6.45) is 5.11. The fourth-order valence-electron chi connectivity index (χ4n) is 5.46. The number of nitrogens with one attached hydrogen (secondary N) is 1. The lowest BCUT2D eigenvalue weighted by Gasteiger charge is -2.33. The highest BCUT2D eigenvalue weighted by molar-refractivity contribution is 7.92. The topological polar surface area (TPSA) is 96.0 Å². The standard InChI is InChI=1S/C34H43N3O5S/c1-24-15-18-31(19-16-24)43(40,41)37(32-20-25(2)14-17-26(32)3)23-33(38)36(22-28-10-9-13-30(21-28)42-5)27(4)34(39)35-29-11-7-6-8-12-29/h9-10,13-21,27,29H,6-8,11-12,22-23H2,1-5H3,(H,35,39)/t27-/m1/s1. The van der Waals surface area contributed by atoms with Gasteiger partial charge in [-0.2, -0.15) is 0 Å². The molecule has 0 bridgehead atoms. The van der Waals surface area contributed by atoms with Crippen LogP contribution in [0, 0.1) is 20.8 Å². The summed E-state index contributed by atoms with van der Waals surface area (Å²) in [6, 6.07) is 18.7. The van der Waals surface area contributed by atoms with E-state index in [9.17, 15) is 18.0 Å². The van der Waals surface area contributed by atoms with Gasteiger partial charge in [-0.3, -0.25) is 13.9 Å². The third-order valence-corrected chi connectivity index (χ3v) is 9.90. The molecule has 0 aromatic heterocycles. The summed E-state index contributed by atoms with van der Waals surface area (Å²) in [4.78, 5) is 29.3. The number of carbonyl (C=O) groups excluding carboxylic acids is 2. The molecule has 8 nitrogen and oxygen atoms in total. The molecule has 0 spiro atoms. The summed E-state index contributed by atoms with van der Waals surface area (Å²) in [5.74, 6) is -0.100. The average Bonchev–Trinajstić information content (AvgIpc) is 3.00. The molecular weight excluding hydrogens is 562 g/mol. The summed E-state index contributed by atoms with van der Waals surface area (Å²) in [5, 5.41) is 3.14. The Bertz CT molecular complexity index is 1530. The van der Waals surface area contributed by atoms with Gasteiger partial charge in [0, 0.05) is 12.6 Å². The summed E-state index contributed by atoms with van der Waals surface area (Å²) in [5.41, 5.74) is 3.71. The highest BCUT2D eigenvalue weighted by atomic mass is 32.2. The molecule has 43 heavy (non-hydrogen) atoms. The van der Waals surface area contributed by atoms with E-state index in [1.807, 2.05) is 57.2 Å². The average molecular weight is 606 g/mol. The highest BCUT2D eigenvalue weighted by Crippen LogP contribution is 2.29. The van der Waals surface area contributed by atoms with E-state index in [1.165, 1.54) is 9.21 Å². The van der Waals surface area contributed by atoms with Crippen molar-refractivity contribution in [3.8, 4) is 5.75 Å². The smallest absolute Gasteiger partial charge is 0.264 e. The molecule has 0 unspecified atom stereocenters. The monoisotopic (exact) mass is 605 g/mol. The molecule has 230 valence electrons. The normalized spacial score (nSPS) is 14.5. The van der Waals surface area contributed by atoms with Crippen LogP contribution in [0.5, 0.6) is 5.75 Å². The minimum atomic E-state index is -4.13. The van der Waals surface area contributed by atoms with E-state index in [2.05, 4.69) is 5.32 Å². The Morgan fingerprint density at radius 1 is 0.930 bits per heavy atom. The predicted octanol–water partition coefficient (Wildman–Crippen LogP) is 5.68. The lowest BCUT2D eigenvalue weighted by molar-refractivity contribution is -0.139. The van der Waals surface area contributed by atoms with Gasteiger partial charge in [-0.25, -0.2) is 8.42 Å². The zero-order valence-electron chi connectivity index (χ0n) is 25.8. The molecular formula is C34H43N3O5S. The number of benzene rings is 3. The first kappa shape index (κ1) is 32.1. The summed E-state index contributed by atoms with van der Waals surface area (Å²) in [6.45, 7) is 6.94. The van der Waals surface area contributed by atoms with Crippen LogP contribution in [0.1, 0.15) is 61.3 Å². The molecule has 1 aliphatic rings. The van der Waals surface area contributed by atoms with Crippen LogP contribution < -0.4 is 14.4 Å². The quantitative estimate of drug-likeness (QED) is 0.303. The first-order chi connectivity index (χ1) is 20.5. The minimum Gasteiger partial charge on any atom is -0.497 e. The van der Waals surface area contributed by atoms with Gasteiger partial charge in [0.15, 0.2) is 0 Å². The van der Waals surface area contributed by atoms with Crippen molar-refractivity contribution in [3.05, 3.63) is 89.0 Å².